The first-order valence-corrected chi connectivity index (χ1v) is 6.92. The summed E-state index contributed by atoms with van der Waals surface area (Å²) >= 11 is 0. The molecule has 116 valence electrons. The number of nitro groups is 1. The maximum Gasteiger partial charge on any atom is 0.269 e. The van der Waals surface area contributed by atoms with Crippen molar-refractivity contribution in [2.75, 3.05) is 19.8 Å². The molecule has 0 fully saturated rings. The van der Waals surface area contributed by atoms with E-state index in [2.05, 4.69) is 0 Å². The highest BCUT2D eigenvalue weighted by Gasteiger charge is 2.04. The lowest BCUT2D eigenvalue weighted by Gasteiger charge is -2.09. The van der Waals surface area contributed by atoms with Crippen molar-refractivity contribution in [2.45, 2.75) is 6.92 Å². The number of ether oxygens (including phenoxy) is 3. The van der Waals surface area contributed by atoms with E-state index in [1.807, 2.05) is 31.2 Å². The lowest BCUT2D eigenvalue weighted by molar-refractivity contribution is -0.384. The Bertz CT molecular complexity index is 595. The molecule has 0 unspecified atom stereocenters. The number of benzene rings is 2. The molecule has 6 heteroatoms. The van der Waals surface area contributed by atoms with Crippen LogP contribution in [-0.2, 0) is 0 Å². The molecule has 2 rings (SSSR count). The maximum atomic E-state index is 10.5. The fourth-order valence-electron chi connectivity index (χ4n) is 1.78. The Morgan fingerprint density at radius 1 is 0.818 bits per heavy atom. The Balaban J connectivity index is 1.73. The Morgan fingerprint density at radius 2 is 1.23 bits per heavy atom. The van der Waals surface area contributed by atoms with Gasteiger partial charge in [0.1, 0.15) is 30.5 Å². The summed E-state index contributed by atoms with van der Waals surface area (Å²) < 4.78 is 16.3. The van der Waals surface area contributed by atoms with Gasteiger partial charge in [0.15, 0.2) is 0 Å². The summed E-state index contributed by atoms with van der Waals surface area (Å²) in [6.07, 6.45) is 0. The minimum Gasteiger partial charge on any atom is -0.494 e. The van der Waals surface area contributed by atoms with Gasteiger partial charge in [-0.3, -0.25) is 10.1 Å². The molecule has 22 heavy (non-hydrogen) atoms. The zero-order valence-electron chi connectivity index (χ0n) is 12.2. The fraction of sp³-hybridized carbons (Fsp3) is 0.250. The normalized spacial score (nSPS) is 10.0. The second kappa shape index (κ2) is 7.87. The number of nitro benzene ring substituents is 1. The first-order valence-electron chi connectivity index (χ1n) is 6.92. The molecule has 0 bridgehead atoms. The quantitative estimate of drug-likeness (QED) is 0.424. The minimum absolute atomic E-state index is 0.0398. The lowest BCUT2D eigenvalue weighted by Crippen LogP contribution is -2.08. The topological polar surface area (TPSA) is 70.8 Å². The predicted octanol–water partition coefficient (Wildman–Crippen LogP) is 3.45. The highest BCUT2D eigenvalue weighted by molar-refractivity contribution is 5.36. The molecular weight excluding hydrogens is 286 g/mol. The van der Waals surface area contributed by atoms with Gasteiger partial charge in [-0.1, -0.05) is 0 Å². The first kappa shape index (κ1) is 15.6. The summed E-state index contributed by atoms with van der Waals surface area (Å²) in [5, 5.41) is 10.5. The lowest BCUT2D eigenvalue weighted by atomic mass is 10.3. The van der Waals surface area contributed by atoms with Crippen molar-refractivity contribution in [3.05, 3.63) is 58.6 Å². The van der Waals surface area contributed by atoms with E-state index < -0.39 is 4.92 Å². The molecule has 0 atom stereocenters. The highest BCUT2D eigenvalue weighted by atomic mass is 16.6. The van der Waals surface area contributed by atoms with E-state index in [0.29, 0.717) is 25.6 Å². The van der Waals surface area contributed by atoms with Crippen molar-refractivity contribution in [3.63, 3.8) is 0 Å². The maximum absolute atomic E-state index is 10.5. The Labute approximate surface area is 128 Å². The van der Waals surface area contributed by atoms with E-state index in [4.69, 9.17) is 14.2 Å². The third-order valence-electron chi connectivity index (χ3n) is 2.80. The molecule has 0 radical (unpaired) electrons. The summed E-state index contributed by atoms with van der Waals surface area (Å²) in [5.41, 5.74) is 0.0398. The molecule has 0 amide bonds. The Hall–Kier alpha value is -2.76. The second-order valence-electron chi connectivity index (χ2n) is 4.35. The van der Waals surface area contributed by atoms with Crippen molar-refractivity contribution in [3.8, 4) is 17.2 Å². The molecular formula is C16H17NO5. The van der Waals surface area contributed by atoms with E-state index in [9.17, 15) is 10.1 Å². The fourth-order valence-corrected chi connectivity index (χ4v) is 1.78. The van der Waals surface area contributed by atoms with Crippen LogP contribution < -0.4 is 14.2 Å². The van der Waals surface area contributed by atoms with Crippen LogP contribution in [0.2, 0.25) is 0 Å². The van der Waals surface area contributed by atoms with Crippen LogP contribution in [0.3, 0.4) is 0 Å². The SMILES string of the molecule is CCOc1ccc(OCCOc2ccc([N+](=O)[O-])cc2)cc1. The summed E-state index contributed by atoms with van der Waals surface area (Å²) in [5.74, 6) is 2.11. The van der Waals surface area contributed by atoms with E-state index in [0.717, 1.165) is 11.5 Å². The van der Waals surface area contributed by atoms with Crippen LogP contribution in [0, 0.1) is 10.1 Å². The van der Waals surface area contributed by atoms with Crippen molar-refractivity contribution >= 4 is 5.69 Å². The van der Waals surface area contributed by atoms with Crippen molar-refractivity contribution < 1.29 is 19.1 Å². The zero-order chi connectivity index (χ0) is 15.8. The molecule has 6 nitrogen and oxygen atoms in total. The van der Waals surface area contributed by atoms with Crippen LogP contribution in [0.15, 0.2) is 48.5 Å². The minimum atomic E-state index is -0.446. The van der Waals surface area contributed by atoms with Gasteiger partial charge in [0.2, 0.25) is 0 Å². The van der Waals surface area contributed by atoms with Crippen LogP contribution in [0.4, 0.5) is 5.69 Å². The molecule has 0 spiro atoms. The number of non-ortho nitro benzene ring substituents is 1. The molecule has 0 N–H and O–H groups in total. The van der Waals surface area contributed by atoms with Crippen molar-refractivity contribution in [2.24, 2.45) is 0 Å². The van der Waals surface area contributed by atoms with Gasteiger partial charge in [-0.25, -0.2) is 0 Å². The van der Waals surface area contributed by atoms with Gasteiger partial charge in [0, 0.05) is 12.1 Å². The average molecular weight is 303 g/mol. The summed E-state index contributed by atoms with van der Waals surface area (Å²) in [6, 6.07) is 13.3. The van der Waals surface area contributed by atoms with Crippen LogP contribution in [-0.4, -0.2) is 24.7 Å². The standard InChI is InChI=1S/C16H17NO5/c1-2-20-14-7-9-16(10-8-14)22-12-11-21-15-5-3-13(4-6-15)17(18)19/h3-10H,2,11-12H2,1H3. The number of nitrogens with zero attached hydrogens (tertiary/aromatic N) is 1. The van der Waals surface area contributed by atoms with Gasteiger partial charge in [0.25, 0.3) is 5.69 Å². The molecule has 0 saturated heterocycles. The molecule has 0 aliphatic carbocycles. The van der Waals surface area contributed by atoms with Crippen LogP contribution in [0.5, 0.6) is 17.2 Å². The Kier molecular flexibility index (Phi) is 5.59. The molecule has 0 aliphatic heterocycles. The molecule has 0 aromatic heterocycles. The van der Waals surface area contributed by atoms with Gasteiger partial charge in [-0.05, 0) is 43.3 Å². The zero-order valence-corrected chi connectivity index (χ0v) is 12.2. The number of rotatable bonds is 8. The smallest absolute Gasteiger partial charge is 0.269 e. The first-order chi connectivity index (χ1) is 10.7. The second-order valence-corrected chi connectivity index (χ2v) is 4.35. The third-order valence-corrected chi connectivity index (χ3v) is 2.80. The number of hydrogen-bond donors (Lipinski definition) is 0. The summed E-state index contributed by atoms with van der Waals surface area (Å²) in [4.78, 5) is 10.1. The van der Waals surface area contributed by atoms with Gasteiger partial charge < -0.3 is 14.2 Å². The molecule has 2 aromatic rings. The van der Waals surface area contributed by atoms with E-state index in [-0.39, 0.29) is 5.69 Å². The van der Waals surface area contributed by atoms with E-state index in [1.54, 1.807) is 12.1 Å². The summed E-state index contributed by atoms with van der Waals surface area (Å²) in [7, 11) is 0. The van der Waals surface area contributed by atoms with Crippen LogP contribution >= 0.6 is 0 Å². The largest absolute Gasteiger partial charge is 0.494 e. The van der Waals surface area contributed by atoms with Crippen molar-refractivity contribution in [1.82, 2.24) is 0 Å². The number of hydrogen-bond acceptors (Lipinski definition) is 5. The predicted molar refractivity (Wildman–Crippen MR) is 81.7 cm³/mol. The molecule has 0 heterocycles. The van der Waals surface area contributed by atoms with Gasteiger partial charge in [-0.15, -0.1) is 0 Å². The van der Waals surface area contributed by atoms with Gasteiger partial charge >= 0.3 is 0 Å². The van der Waals surface area contributed by atoms with Gasteiger partial charge in [0.05, 0.1) is 11.5 Å². The highest BCUT2D eigenvalue weighted by Crippen LogP contribution is 2.18. The molecule has 0 saturated carbocycles. The average Bonchev–Trinajstić information content (AvgIpc) is 2.54. The monoisotopic (exact) mass is 303 g/mol. The Morgan fingerprint density at radius 3 is 1.64 bits per heavy atom. The molecule has 0 aliphatic rings. The van der Waals surface area contributed by atoms with Gasteiger partial charge in [-0.2, -0.15) is 0 Å². The van der Waals surface area contributed by atoms with E-state index in [1.165, 1.54) is 12.1 Å². The molecule has 2 aromatic carbocycles. The third kappa shape index (κ3) is 4.66. The van der Waals surface area contributed by atoms with Crippen LogP contribution in [0.1, 0.15) is 6.92 Å². The summed E-state index contributed by atoms with van der Waals surface area (Å²) in [6.45, 7) is 3.29. The van der Waals surface area contributed by atoms with Crippen molar-refractivity contribution in [1.29, 1.82) is 0 Å². The van der Waals surface area contributed by atoms with Crippen LogP contribution in [0.25, 0.3) is 0 Å². The van der Waals surface area contributed by atoms with E-state index >= 15 is 0 Å².